The highest BCUT2D eigenvalue weighted by Crippen LogP contribution is 2.33. The molecule has 26 heavy (non-hydrogen) atoms. The molecule has 2 aromatic rings. The molecule has 0 bridgehead atoms. The van der Waals surface area contributed by atoms with Gasteiger partial charge in [-0.25, -0.2) is 13.6 Å². The number of amides is 1. The largest absolute Gasteiger partial charge is 0.315 e. The Morgan fingerprint density at radius 3 is 2.69 bits per heavy atom. The van der Waals surface area contributed by atoms with E-state index in [1.54, 1.807) is 31.3 Å². The molecule has 0 spiro atoms. The summed E-state index contributed by atoms with van der Waals surface area (Å²) in [7, 11) is -1.79. The maximum atomic E-state index is 11.9. The molecule has 1 atom stereocenters. The van der Waals surface area contributed by atoms with E-state index in [4.69, 9.17) is 5.14 Å². The molecule has 0 aliphatic carbocycles. The molecule has 6 nitrogen and oxygen atoms in total. The number of pyridine rings is 1. The van der Waals surface area contributed by atoms with Crippen LogP contribution in [0.25, 0.3) is 11.1 Å². The summed E-state index contributed by atoms with van der Waals surface area (Å²) in [6, 6.07) is 6.03. The van der Waals surface area contributed by atoms with Gasteiger partial charge in [0, 0.05) is 37.1 Å². The number of primary sulfonamides is 1. The molecular weight excluding hydrogens is 350 g/mol. The zero-order valence-corrected chi connectivity index (χ0v) is 16.0. The van der Waals surface area contributed by atoms with Crippen LogP contribution in [0.5, 0.6) is 0 Å². The number of anilines is 1. The minimum Gasteiger partial charge on any atom is -0.315 e. The lowest BCUT2D eigenvalue weighted by Gasteiger charge is -2.26. The number of nitrogens with two attached hydrogens (primary N) is 1. The Kier molecular flexibility index (Phi) is 4.86. The van der Waals surface area contributed by atoms with Crippen molar-refractivity contribution in [2.75, 3.05) is 11.9 Å². The van der Waals surface area contributed by atoms with Gasteiger partial charge in [-0.15, -0.1) is 0 Å². The number of aromatic nitrogens is 1. The number of benzene rings is 1. The highest BCUT2D eigenvalue weighted by molar-refractivity contribution is 7.89. The van der Waals surface area contributed by atoms with Gasteiger partial charge in [-0.1, -0.05) is 6.07 Å². The maximum absolute atomic E-state index is 11.9. The third-order valence-corrected chi connectivity index (χ3v) is 6.41. The van der Waals surface area contributed by atoms with Crippen LogP contribution in [0.3, 0.4) is 0 Å². The van der Waals surface area contributed by atoms with E-state index in [0.717, 1.165) is 39.9 Å². The number of aryl methyl sites for hydroxylation is 1. The summed E-state index contributed by atoms with van der Waals surface area (Å²) in [6.45, 7) is 3.57. The first kappa shape index (κ1) is 18.5. The van der Waals surface area contributed by atoms with Crippen LogP contribution >= 0.6 is 0 Å². The number of carbonyl (C=O) groups is 1. The van der Waals surface area contributed by atoms with Gasteiger partial charge in [-0.3, -0.25) is 9.78 Å². The topological polar surface area (TPSA) is 93.4 Å². The van der Waals surface area contributed by atoms with Gasteiger partial charge in [0.2, 0.25) is 15.9 Å². The molecule has 2 N–H and O–H groups in total. The van der Waals surface area contributed by atoms with E-state index in [-0.39, 0.29) is 5.91 Å². The van der Waals surface area contributed by atoms with Gasteiger partial charge in [-0.05, 0) is 61.1 Å². The summed E-state index contributed by atoms with van der Waals surface area (Å²) in [5.41, 5.74) is 5.92. The Hall–Kier alpha value is -2.25. The van der Waals surface area contributed by atoms with Crippen molar-refractivity contribution < 1.29 is 13.2 Å². The highest BCUT2D eigenvalue weighted by atomic mass is 32.2. The molecular formula is C19H23N3O3S. The smallest absolute Gasteiger partial charge is 0.227 e. The normalized spacial score (nSPS) is 15.7. The van der Waals surface area contributed by atoms with E-state index >= 15 is 0 Å². The number of hydrogen-bond acceptors (Lipinski definition) is 4. The van der Waals surface area contributed by atoms with Crippen molar-refractivity contribution in [1.29, 1.82) is 0 Å². The van der Waals surface area contributed by atoms with E-state index in [1.165, 1.54) is 0 Å². The molecule has 2 heterocycles. The predicted octanol–water partition coefficient (Wildman–Crippen LogP) is 2.19. The van der Waals surface area contributed by atoms with Gasteiger partial charge >= 0.3 is 0 Å². The van der Waals surface area contributed by atoms with E-state index in [0.29, 0.717) is 12.8 Å². The van der Waals surface area contributed by atoms with Crippen LogP contribution in [0.15, 0.2) is 30.6 Å². The van der Waals surface area contributed by atoms with Crippen molar-refractivity contribution >= 4 is 21.6 Å². The second kappa shape index (κ2) is 6.81. The van der Waals surface area contributed by atoms with Crippen molar-refractivity contribution in [3.05, 3.63) is 47.3 Å². The van der Waals surface area contributed by atoms with Gasteiger partial charge in [0.1, 0.15) is 0 Å². The predicted molar refractivity (Wildman–Crippen MR) is 102 cm³/mol. The lowest BCUT2D eigenvalue weighted by atomic mass is 9.93. The first-order chi connectivity index (χ1) is 12.2. The fourth-order valence-corrected chi connectivity index (χ4v) is 3.73. The van der Waals surface area contributed by atoms with Crippen molar-refractivity contribution in [3.8, 4) is 11.1 Å². The number of rotatable bonds is 4. The first-order valence-corrected chi connectivity index (χ1v) is 10.1. The molecule has 0 saturated carbocycles. The fourth-order valence-electron chi connectivity index (χ4n) is 3.32. The lowest BCUT2D eigenvalue weighted by molar-refractivity contribution is -0.118. The third kappa shape index (κ3) is 3.50. The zero-order valence-electron chi connectivity index (χ0n) is 15.2. The quantitative estimate of drug-likeness (QED) is 0.889. The van der Waals surface area contributed by atoms with Crippen molar-refractivity contribution in [2.24, 2.45) is 5.14 Å². The number of nitrogens with zero attached hydrogens (tertiary/aromatic N) is 2. The Morgan fingerprint density at radius 2 is 2.00 bits per heavy atom. The molecule has 1 unspecified atom stereocenters. The van der Waals surface area contributed by atoms with Crippen molar-refractivity contribution in [2.45, 2.75) is 38.4 Å². The van der Waals surface area contributed by atoms with E-state index in [2.05, 4.69) is 11.1 Å². The first-order valence-electron chi connectivity index (χ1n) is 8.53. The van der Waals surface area contributed by atoms with Crippen LogP contribution in [-0.4, -0.2) is 31.6 Å². The SMILES string of the molecule is Cc1c(CC(C)S(N)(=O)=O)cncc1-c1ccc2c(c1)CCC(=O)N2C. The summed E-state index contributed by atoms with van der Waals surface area (Å²) >= 11 is 0. The number of carbonyl (C=O) groups excluding carboxylic acids is 1. The second-order valence-electron chi connectivity index (χ2n) is 6.87. The fraction of sp³-hybridized carbons (Fsp3) is 0.368. The minimum atomic E-state index is -3.58. The minimum absolute atomic E-state index is 0.127. The van der Waals surface area contributed by atoms with E-state index in [1.807, 2.05) is 19.1 Å². The Labute approximate surface area is 154 Å². The standard InChI is InChI=1S/C19H23N3O3S/c1-12(26(20,24)25)8-16-10-21-11-17(13(16)2)14-4-6-18-15(9-14)5-7-19(23)22(18)3/h4,6,9-12H,5,7-8H2,1-3H3,(H2,20,24,25). The van der Waals surface area contributed by atoms with Gasteiger partial charge in [0.05, 0.1) is 5.25 Å². The summed E-state index contributed by atoms with van der Waals surface area (Å²) in [5, 5.41) is 4.58. The number of sulfonamides is 1. The second-order valence-corrected chi connectivity index (χ2v) is 8.85. The summed E-state index contributed by atoms with van der Waals surface area (Å²) in [6.07, 6.45) is 5.05. The molecule has 0 saturated heterocycles. The average molecular weight is 373 g/mol. The molecule has 0 fully saturated rings. The Bertz CT molecular complexity index is 970. The van der Waals surface area contributed by atoms with Crippen molar-refractivity contribution in [3.63, 3.8) is 0 Å². The highest BCUT2D eigenvalue weighted by Gasteiger charge is 2.22. The monoisotopic (exact) mass is 373 g/mol. The van der Waals surface area contributed by atoms with Crippen LogP contribution in [-0.2, 0) is 27.7 Å². The zero-order chi connectivity index (χ0) is 19.1. The third-order valence-electron chi connectivity index (χ3n) is 5.12. The molecule has 1 aliphatic rings. The summed E-state index contributed by atoms with van der Waals surface area (Å²) in [5.74, 6) is 0.127. The maximum Gasteiger partial charge on any atom is 0.227 e. The van der Waals surface area contributed by atoms with Crippen LogP contribution < -0.4 is 10.0 Å². The van der Waals surface area contributed by atoms with Gasteiger partial charge in [-0.2, -0.15) is 0 Å². The van der Waals surface area contributed by atoms with Crippen LogP contribution in [0.1, 0.15) is 30.0 Å². The van der Waals surface area contributed by atoms with Crippen molar-refractivity contribution in [1.82, 2.24) is 4.98 Å². The molecule has 1 aromatic heterocycles. The summed E-state index contributed by atoms with van der Waals surface area (Å²) < 4.78 is 23.1. The van der Waals surface area contributed by atoms with Crippen LogP contribution in [0, 0.1) is 6.92 Å². The molecule has 1 aliphatic heterocycles. The molecule has 1 amide bonds. The van der Waals surface area contributed by atoms with E-state index < -0.39 is 15.3 Å². The molecule has 1 aromatic carbocycles. The number of fused-ring (bicyclic) bond motifs is 1. The van der Waals surface area contributed by atoms with Gasteiger partial charge in [0.15, 0.2) is 0 Å². The van der Waals surface area contributed by atoms with Gasteiger partial charge in [0.25, 0.3) is 0 Å². The lowest BCUT2D eigenvalue weighted by Crippen LogP contribution is -2.31. The molecule has 0 radical (unpaired) electrons. The van der Waals surface area contributed by atoms with Crippen LogP contribution in [0.2, 0.25) is 0 Å². The molecule has 138 valence electrons. The molecule has 3 rings (SSSR count). The Balaban J connectivity index is 1.98. The average Bonchev–Trinajstić information content (AvgIpc) is 2.59. The van der Waals surface area contributed by atoms with E-state index in [9.17, 15) is 13.2 Å². The Morgan fingerprint density at radius 1 is 1.27 bits per heavy atom. The summed E-state index contributed by atoms with van der Waals surface area (Å²) in [4.78, 5) is 17.8. The number of hydrogen-bond donors (Lipinski definition) is 1. The van der Waals surface area contributed by atoms with Gasteiger partial charge < -0.3 is 4.90 Å². The molecule has 7 heteroatoms. The van der Waals surface area contributed by atoms with Crippen LogP contribution in [0.4, 0.5) is 5.69 Å².